The third kappa shape index (κ3) is 2.61. The number of carboxylic acid groups (broad SMARTS) is 1. The van der Waals surface area contributed by atoms with E-state index in [9.17, 15) is 14.0 Å². The Hall–Kier alpha value is -2.95. The van der Waals surface area contributed by atoms with Gasteiger partial charge in [-0.25, -0.2) is 4.39 Å². The van der Waals surface area contributed by atoms with Crippen LogP contribution in [-0.4, -0.2) is 11.1 Å². The van der Waals surface area contributed by atoms with Crippen LogP contribution in [-0.2, 0) is 11.2 Å². The first-order chi connectivity index (χ1) is 10.5. The number of halogens is 1. The number of para-hydroxylation sites is 1. The Labute approximate surface area is 124 Å². The monoisotopic (exact) mass is 298 g/mol. The molecule has 0 bridgehead atoms. The number of carboxylic acids is 1. The highest BCUT2D eigenvalue weighted by Gasteiger charge is 2.12. The quantitative estimate of drug-likeness (QED) is 0.806. The maximum Gasteiger partial charge on any atom is 0.307 e. The number of fused-ring (bicyclic) bond motifs is 1. The smallest absolute Gasteiger partial charge is 0.307 e. The second-order valence-corrected chi connectivity index (χ2v) is 4.85. The zero-order valence-corrected chi connectivity index (χ0v) is 11.4. The molecule has 0 aliphatic heterocycles. The highest BCUT2D eigenvalue weighted by atomic mass is 19.1. The predicted molar refractivity (Wildman–Crippen MR) is 79.2 cm³/mol. The number of carbonyl (C=O) groups is 1. The molecular formula is C17H11FO4. The van der Waals surface area contributed by atoms with Gasteiger partial charge in [0, 0.05) is 17.2 Å². The second-order valence-electron chi connectivity index (χ2n) is 4.85. The summed E-state index contributed by atoms with van der Waals surface area (Å²) >= 11 is 0. The zero-order valence-electron chi connectivity index (χ0n) is 11.4. The van der Waals surface area contributed by atoms with Crippen molar-refractivity contribution in [2.24, 2.45) is 0 Å². The van der Waals surface area contributed by atoms with E-state index >= 15 is 0 Å². The van der Waals surface area contributed by atoms with Crippen molar-refractivity contribution in [3.8, 4) is 11.3 Å². The lowest BCUT2D eigenvalue weighted by Crippen LogP contribution is -2.05. The Bertz CT molecular complexity index is 910. The minimum atomic E-state index is -1.01. The molecule has 1 aromatic heterocycles. The molecule has 0 aliphatic rings. The summed E-state index contributed by atoms with van der Waals surface area (Å²) in [4.78, 5) is 23.1. The highest BCUT2D eigenvalue weighted by molar-refractivity contribution is 5.85. The molecule has 0 amide bonds. The van der Waals surface area contributed by atoms with Crippen LogP contribution in [0.4, 0.5) is 4.39 Å². The van der Waals surface area contributed by atoms with E-state index in [1.54, 1.807) is 18.2 Å². The van der Waals surface area contributed by atoms with Crippen LogP contribution in [0.1, 0.15) is 5.56 Å². The largest absolute Gasteiger partial charge is 0.481 e. The van der Waals surface area contributed by atoms with Gasteiger partial charge in [0.05, 0.1) is 11.8 Å². The van der Waals surface area contributed by atoms with Gasteiger partial charge in [0.1, 0.15) is 17.2 Å². The molecule has 5 heteroatoms. The van der Waals surface area contributed by atoms with Gasteiger partial charge in [-0.05, 0) is 30.3 Å². The van der Waals surface area contributed by atoms with Gasteiger partial charge in [0.25, 0.3) is 0 Å². The molecule has 0 radical (unpaired) electrons. The second kappa shape index (κ2) is 5.44. The van der Waals surface area contributed by atoms with Crippen LogP contribution in [0.2, 0.25) is 0 Å². The molecule has 1 N–H and O–H groups in total. The van der Waals surface area contributed by atoms with Crippen molar-refractivity contribution in [2.75, 3.05) is 0 Å². The number of rotatable bonds is 3. The summed E-state index contributed by atoms with van der Waals surface area (Å²) in [7, 11) is 0. The highest BCUT2D eigenvalue weighted by Crippen LogP contribution is 2.24. The molecule has 0 fully saturated rings. The Kier molecular flexibility index (Phi) is 3.47. The van der Waals surface area contributed by atoms with Gasteiger partial charge >= 0.3 is 5.97 Å². The fraction of sp³-hybridized carbons (Fsp3) is 0.0588. The van der Waals surface area contributed by atoms with Crippen LogP contribution < -0.4 is 5.43 Å². The summed E-state index contributed by atoms with van der Waals surface area (Å²) in [5, 5.41) is 9.27. The minimum absolute atomic E-state index is 0.243. The molecule has 4 nitrogen and oxygen atoms in total. The summed E-state index contributed by atoms with van der Waals surface area (Å²) in [6.45, 7) is 0. The van der Waals surface area contributed by atoms with E-state index in [1.807, 2.05) is 0 Å². The van der Waals surface area contributed by atoms with Crippen molar-refractivity contribution in [1.29, 1.82) is 0 Å². The van der Waals surface area contributed by atoms with Gasteiger partial charge < -0.3 is 9.52 Å². The van der Waals surface area contributed by atoms with E-state index in [0.717, 1.165) is 0 Å². The molecule has 3 rings (SSSR count). The summed E-state index contributed by atoms with van der Waals surface area (Å²) in [5.41, 5.74) is 0.945. The topological polar surface area (TPSA) is 67.5 Å². The van der Waals surface area contributed by atoms with E-state index in [4.69, 9.17) is 9.52 Å². The number of benzene rings is 2. The van der Waals surface area contributed by atoms with Gasteiger partial charge in [0.2, 0.25) is 0 Å². The number of hydrogen-bond acceptors (Lipinski definition) is 3. The molecule has 3 aromatic rings. The van der Waals surface area contributed by atoms with E-state index in [1.165, 1.54) is 30.3 Å². The van der Waals surface area contributed by atoms with E-state index in [-0.39, 0.29) is 23.2 Å². The van der Waals surface area contributed by atoms with Crippen molar-refractivity contribution in [2.45, 2.75) is 6.42 Å². The summed E-state index contributed by atoms with van der Waals surface area (Å²) in [6.07, 6.45) is -0.243. The summed E-state index contributed by atoms with van der Waals surface area (Å²) < 4.78 is 18.7. The van der Waals surface area contributed by atoms with Crippen LogP contribution in [0.5, 0.6) is 0 Å². The van der Waals surface area contributed by atoms with Crippen molar-refractivity contribution in [3.63, 3.8) is 0 Å². The lowest BCUT2D eigenvalue weighted by atomic mass is 10.1. The van der Waals surface area contributed by atoms with Crippen LogP contribution in [0.15, 0.2) is 57.7 Å². The van der Waals surface area contributed by atoms with Crippen molar-refractivity contribution >= 4 is 16.9 Å². The fourth-order valence-electron chi connectivity index (χ4n) is 2.29. The van der Waals surface area contributed by atoms with Gasteiger partial charge in [-0.3, -0.25) is 9.59 Å². The summed E-state index contributed by atoms with van der Waals surface area (Å²) in [5.74, 6) is -1.13. The average Bonchev–Trinajstić information content (AvgIpc) is 2.48. The number of hydrogen-bond donors (Lipinski definition) is 1. The van der Waals surface area contributed by atoms with Gasteiger partial charge in [-0.2, -0.15) is 0 Å². The van der Waals surface area contributed by atoms with E-state index in [2.05, 4.69) is 0 Å². The maximum absolute atomic E-state index is 13.0. The molecule has 0 unspecified atom stereocenters. The van der Waals surface area contributed by atoms with Gasteiger partial charge in [-0.1, -0.05) is 12.1 Å². The fourth-order valence-corrected chi connectivity index (χ4v) is 2.29. The predicted octanol–water partition coefficient (Wildman–Crippen LogP) is 3.23. The van der Waals surface area contributed by atoms with E-state index < -0.39 is 11.8 Å². The summed E-state index contributed by atoms with van der Waals surface area (Å²) in [6, 6.07) is 11.7. The number of aliphatic carboxylic acids is 1. The van der Waals surface area contributed by atoms with Crippen LogP contribution in [0.25, 0.3) is 22.3 Å². The molecule has 0 spiro atoms. The van der Waals surface area contributed by atoms with Crippen LogP contribution in [0.3, 0.4) is 0 Å². The Morgan fingerprint density at radius 2 is 1.86 bits per heavy atom. The van der Waals surface area contributed by atoms with Crippen LogP contribution >= 0.6 is 0 Å². The maximum atomic E-state index is 13.0. The average molecular weight is 298 g/mol. The molecule has 22 heavy (non-hydrogen) atoms. The van der Waals surface area contributed by atoms with Gasteiger partial charge in [-0.15, -0.1) is 0 Å². The Balaban J connectivity index is 2.23. The molecule has 1 heterocycles. The first-order valence-corrected chi connectivity index (χ1v) is 6.58. The Morgan fingerprint density at radius 3 is 2.55 bits per heavy atom. The molecule has 2 aromatic carbocycles. The minimum Gasteiger partial charge on any atom is -0.481 e. The molecule has 110 valence electrons. The van der Waals surface area contributed by atoms with Crippen LogP contribution in [0, 0.1) is 5.82 Å². The van der Waals surface area contributed by atoms with Crippen molar-refractivity contribution < 1.29 is 18.7 Å². The lowest BCUT2D eigenvalue weighted by molar-refractivity contribution is -0.136. The van der Waals surface area contributed by atoms with Gasteiger partial charge in [0.15, 0.2) is 5.43 Å². The third-order valence-electron chi connectivity index (χ3n) is 3.31. The zero-order chi connectivity index (χ0) is 15.7. The SMILES string of the molecule is O=C(O)Cc1cccc2c(=O)cc(-c3ccc(F)cc3)oc12. The molecular weight excluding hydrogens is 287 g/mol. The molecule has 0 saturated heterocycles. The molecule has 0 aliphatic carbocycles. The van der Waals surface area contributed by atoms with Crippen molar-refractivity contribution in [1.82, 2.24) is 0 Å². The molecule has 0 atom stereocenters. The lowest BCUT2D eigenvalue weighted by Gasteiger charge is -2.06. The molecule has 0 saturated carbocycles. The van der Waals surface area contributed by atoms with Crippen molar-refractivity contribution in [3.05, 3.63) is 70.1 Å². The first kappa shape index (κ1) is 14.0. The normalized spacial score (nSPS) is 10.8. The standard InChI is InChI=1S/C17H11FO4/c18-12-6-4-10(5-7-12)15-9-14(19)13-3-1-2-11(8-16(20)21)17(13)22-15/h1-7,9H,8H2,(H,20,21). The first-order valence-electron chi connectivity index (χ1n) is 6.58. The Morgan fingerprint density at radius 1 is 1.14 bits per heavy atom. The third-order valence-corrected chi connectivity index (χ3v) is 3.31. The van der Waals surface area contributed by atoms with E-state index in [0.29, 0.717) is 16.5 Å².